The van der Waals surface area contributed by atoms with Crippen molar-refractivity contribution in [2.24, 2.45) is 0 Å². The molecule has 6 heteroatoms. The molecule has 0 N–H and O–H groups in total. The molecule has 0 fully saturated rings. The van der Waals surface area contributed by atoms with E-state index in [-0.39, 0.29) is 35.1 Å². The van der Waals surface area contributed by atoms with Gasteiger partial charge in [0.25, 0.3) is 5.56 Å². The maximum Gasteiger partial charge on any atom is 1.00 e. The largest absolute Gasteiger partial charge is 1.00 e. The number of para-hydroxylation sites is 1. The van der Waals surface area contributed by atoms with Crippen LogP contribution in [0.1, 0.15) is 23.3 Å². The van der Waals surface area contributed by atoms with Crippen molar-refractivity contribution in [1.82, 2.24) is 9.55 Å². The molecule has 1 aliphatic carbocycles. The van der Waals surface area contributed by atoms with Gasteiger partial charge in [-0.15, -0.1) is 11.3 Å². The van der Waals surface area contributed by atoms with E-state index in [1.54, 1.807) is 15.9 Å². The maximum absolute atomic E-state index is 12.9. The summed E-state index contributed by atoms with van der Waals surface area (Å²) in [6, 6.07) is 9.52. The molecule has 2 aromatic heterocycles. The number of aromatic nitrogens is 2. The molecule has 0 atom stereocenters. The van der Waals surface area contributed by atoms with Gasteiger partial charge in [-0.2, -0.15) is 0 Å². The van der Waals surface area contributed by atoms with Crippen LogP contribution in [0.2, 0.25) is 0 Å². The molecule has 0 radical (unpaired) electrons. The van der Waals surface area contributed by atoms with Crippen LogP contribution in [-0.4, -0.2) is 9.55 Å². The molecule has 106 valence electrons. The minimum absolute atomic E-state index is 0. The third-order valence-corrected chi connectivity index (χ3v) is 5.43. The van der Waals surface area contributed by atoms with E-state index in [9.17, 15) is 4.79 Å². The van der Waals surface area contributed by atoms with Crippen LogP contribution in [0.4, 0.5) is 0 Å². The molecule has 0 amide bonds. The Morgan fingerprint density at radius 1 is 1.14 bits per heavy atom. The van der Waals surface area contributed by atoms with Crippen LogP contribution in [-0.2, 0) is 25.5 Å². The summed E-state index contributed by atoms with van der Waals surface area (Å²) in [5.74, 6) is 0. The van der Waals surface area contributed by atoms with E-state index in [1.807, 2.05) is 30.3 Å². The molecular formula is C16H13N2NaOS2. The molecule has 3 nitrogen and oxygen atoms in total. The van der Waals surface area contributed by atoms with Crippen LogP contribution in [0.5, 0.6) is 0 Å². The zero-order chi connectivity index (χ0) is 14.4. The Morgan fingerprint density at radius 2 is 1.86 bits per heavy atom. The number of hydrogen-bond donors (Lipinski definition) is 0. The number of thiophene rings is 1. The summed E-state index contributed by atoms with van der Waals surface area (Å²) in [6.07, 6.45) is 4.40. The summed E-state index contributed by atoms with van der Waals surface area (Å²) >= 11 is 6.99. The van der Waals surface area contributed by atoms with Gasteiger partial charge in [0.2, 0.25) is 0 Å². The van der Waals surface area contributed by atoms with Crippen molar-refractivity contribution in [3.63, 3.8) is 0 Å². The molecule has 0 spiro atoms. The van der Waals surface area contributed by atoms with Crippen LogP contribution in [0.15, 0.2) is 40.3 Å². The summed E-state index contributed by atoms with van der Waals surface area (Å²) in [4.78, 5) is 19.6. The predicted molar refractivity (Wildman–Crippen MR) is 87.5 cm³/mol. The van der Waals surface area contributed by atoms with E-state index in [2.05, 4.69) is 4.98 Å². The van der Waals surface area contributed by atoms with Crippen molar-refractivity contribution in [2.75, 3.05) is 0 Å². The van der Waals surface area contributed by atoms with Gasteiger partial charge in [-0.05, 0) is 48.5 Å². The van der Waals surface area contributed by atoms with Crippen LogP contribution in [0.3, 0.4) is 0 Å². The van der Waals surface area contributed by atoms with Crippen LogP contribution >= 0.6 is 11.3 Å². The van der Waals surface area contributed by atoms with E-state index in [1.165, 1.54) is 16.9 Å². The first-order chi connectivity index (χ1) is 10.3. The fourth-order valence-electron chi connectivity index (χ4n) is 2.99. The standard InChI is InChI=1S/C16H14N2OS2.Na/c19-15-13-11-8-4-5-9-12(11)21-14(13)17-16(20)18(15)10-6-2-1-3-7-10;/h1-3,6-7H,4-5,8-9H2,(H,17,20);/q;+1/p-1. The fraction of sp³-hybridized carbons (Fsp3) is 0.250. The van der Waals surface area contributed by atoms with E-state index in [0.717, 1.165) is 35.2 Å². The van der Waals surface area contributed by atoms with Gasteiger partial charge in [-0.3, -0.25) is 9.36 Å². The second kappa shape index (κ2) is 6.42. The number of benzene rings is 1. The second-order valence-electron chi connectivity index (χ2n) is 5.26. The van der Waals surface area contributed by atoms with E-state index in [0.29, 0.717) is 5.16 Å². The fourth-order valence-corrected chi connectivity index (χ4v) is 4.58. The van der Waals surface area contributed by atoms with Crippen molar-refractivity contribution in [3.8, 4) is 5.69 Å². The van der Waals surface area contributed by atoms with Crippen molar-refractivity contribution in [2.45, 2.75) is 30.8 Å². The first-order valence-corrected chi connectivity index (χ1v) is 8.28. The van der Waals surface area contributed by atoms with Crippen molar-refractivity contribution >= 4 is 34.2 Å². The first-order valence-electron chi connectivity index (χ1n) is 7.05. The number of rotatable bonds is 1. The summed E-state index contributed by atoms with van der Waals surface area (Å²) in [5, 5.41) is 1.13. The summed E-state index contributed by atoms with van der Waals surface area (Å²) in [5.41, 5.74) is 1.98. The summed E-state index contributed by atoms with van der Waals surface area (Å²) < 4.78 is 1.55. The number of hydrogen-bond acceptors (Lipinski definition) is 4. The molecule has 22 heavy (non-hydrogen) atoms. The topological polar surface area (TPSA) is 34.9 Å². The number of aryl methyl sites for hydroxylation is 2. The Morgan fingerprint density at radius 3 is 2.64 bits per heavy atom. The average molecular weight is 336 g/mol. The van der Waals surface area contributed by atoms with Gasteiger partial charge in [-0.25, -0.2) is 4.98 Å². The minimum atomic E-state index is -0.0180. The zero-order valence-electron chi connectivity index (χ0n) is 12.3. The molecule has 0 unspecified atom stereocenters. The monoisotopic (exact) mass is 336 g/mol. The predicted octanol–water partition coefficient (Wildman–Crippen LogP) is 0.236. The molecule has 4 rings (SSSR count). The van der Waals surface area contributed by atoms with E-state index in [4.69, 9.17) is 12.6 Å². The Balaban J connectivity index is 0.00000144. The Hall–Kier alpha value is -0.720. The summed E-state index contributed by atoms with van der Waals surface area (Å²) in [7, 11) is 0. The molecular weight excluding hydrogens is 323 g/mol. The molecule has 0 bridgehead atoms. The smallest absolute Gasteiger partial charge is 0.742 e. The van der Waals surface area contributed by atoms with Gasteiger partial charge < -0.3 is 12.6 Å². The van der Waals surface area contributed by atoms with Crippen LogP contribution in [0, 0.1) is 0 Å². The quantitative estimate of drug-likeness (QED) is 0.363. The van der Waals surface area contributed by atoms with Crippen LogP contribution < -0.4 is 35.1 Å². The van der Waals surface area contributed by atoms with Gasteiger partial charge in [0.05, 0.1) is 5.39 Å². The van der Waals surface area contributed by atoms with Gasteiger partial charge in [0.1, 0.15) is 4.83 Å². The van der Waals surface area contributed by atoms with E-state index < -0.39 is 0 Å². The number of nitrogens with zero attached hydrogens (tertiary/aromatic N) is 2. The molecule has 3 aromatic rings. The number of fused-ring (bicyclic) bond motifs is 3. The summed E-state index contributed by atoms with van der Waals surface area (Å²) in [6.45, 7) is 0. The molecule has 0 saturated carbocycles. The van der Waals surface area contributed by atoms with Gasteiger partial charge in [0.15, 0.2) is 0 Å². The first kappa shape index (κ1) is 16.1. The van der Waals surface area contributed by atoms with Gasteiger partial charge >= 0.3 is 29.6 Å². The normalized spacial score (nSPS) is 13.6. The van der Waals surface area contributed by atoms with Gasteiger partial charge in [-0.1, -0.05) is 18.2 Å². The Kier molecular flexibility index (Phi) is 4.71. The zero-order valence-corrected chi connectivity index (χ0v) is 16.0. The molecule has 1 aliphatic rings. The van der Waals surface area contributed by atoms with E-state index >= 15 is 0 Å². The second-order valence-corrected chi connectivity index (χ2v) is 6.71. The SMILES string of the molecule is O=c1c2c3c(sc2nc([S-])n1-c1ccccc1)CCCC3.[Na+]. The third kappa shape index (κ3) is 2.55. The van der Waals surface area contributed by atoms with Crippen molar-refractivity contribution in [1.29, 1.82) is 0 Å². The molecule has 1 aromatic carbocycles. The van der Waals surface area contributed by atoms with Gasteiger partial charge in [0, 0.05) is 10.6 Å². The molecule has 2 heterocycles. The third-order valence-electron chi connectivity index (χ3n) is 3.97. The molecule has 0 aliphatic heterocycles. The average Bonchev–Trinajstić information content (AvgIpc) is 2.86. The van der Waals surface area contributed by atoms with Crippen molar-refractivity contribution in [3.05, 3.63) is 51.1 Å². The molecule has 0 saturated heterocycles. The van der Waals surface area contributed by atoms with Crippen molar-refractivity contribution < 1.29 is 29.6 Å². The Bertz CT molecular complexity index is 887. The Labute approximate surface area is 160 Å². The van der Waals surface area contributed by atoms with Crippen LogP contribution in [0.25, 0.3) is 15.9 Å². The maximum atomic E-state index is 12.9. The minimum Gasteiger partial charge on any atom is -0.742 e.